The molecule has 1 aromatic heterocycles. The Morgan fingerprint density at radius 3 is 3.08 bits per heavy atom. The first-order chi connectivity index (χ1) is 5.74. The topological polar surface area (TPSA) is 58.9 Å². The Kier molecular flexibility index (Phi) is 2.92. The van der Waals surface area contributed by atoms with Gasteiger partial charge in [-0.05, 0) is 6.07 Å². The molecule has 1 aromatic rings. The van der Waals surface area contributed by atoms with Gasteiger partial charge in [-0.3, -0.25) is 4.79 Å². The lowest BCUT2D eigenvalue weighted by Crippen LogP contribution is -2.08. The lowest BCUT2D eigenvalue weighted by atomic mass is 10.3. The van der Waals surface area contributed by atoms with Crippen LogP contribution in [0.2, 0.25) is 5.02 Å². The van der Waals surface area contributed by atoms with Gasteiger partial charge in [-0.2, -0.15) is 0 Å². The van der Waals surface area contributed by atoms with E-state index in [9.17, 15) is 4.79 Å². The number of halogens is 1. The van der Waals surface area contributed by atoms with Crippen molar-refractivity contribution >= 4 is 11.6 Å². The molecule has 0 aromatic carbocycles. The number of nitrogens with one attached hydrogen (secondary N) is 1. The molecule has 0 spiro atoms. The third-order valence-corrected chi connectivity index (χ3v) is 1.41. The molecular weight excluding hydrogens is 176 g/mol. The Morgan fingerprint density at radius 1 is 1.67 bits per heavy atom. The summed E-state index contributed by atoms with van der Waals surface area (Å²) >= 11 is 5.63. The van der Waals surface area contributed by atoms with Crippen LogP contribution in [0.15, 0.2) is 17.1 Å². The smallest absolute Gasteiger partial charge is 0.263 e. The highest BCUT2D eigenvalue weighted by Crippen LogP contribution is 2.03. The van der Waals surface area contributed by atoms with E-state index in [1.807, 2.05) is 0 Å². The van der Waals surface area contributed by atoms with Crippen LogP contribution in [0.5, 0.6) is 0 Å². The van der Waals surface area contributed by atoms with E-state index in [4.69, 9.17) is 17.3 Å². The molecule has 0 aliphatic rings. The molecule has 0 unspecified atom stereocenters. The second-order valence-corrected chi connectivity index (χ2v) is 2.50. The first-order valence-corrected chi connectivity index (χ1v) is 3.69. The van der Waals surface area contributed by atoms with Crippen LogP contribution in [-0.2, 0) is 0 Å². The molecule has 0 atom stereocenters. The number of pyridine rings is 1. The molecule has 3 N–H and O–H groups in total. The highest BCUT2D eigenvalue weighted by molar-refractivity contribution is 6.30. The number of H-pyrrole nitrogens is 1. The van der Waals surface area contributed by atoms with Gasteiger partial charge in [0.25, 0.3) is 5.56 Å². The zero-order valence-electron chi connectivity index (χ0n) is 6.23. The Bertz CT molecular complexity index is 386. The van der Waals surface area contributed by atoms with E-state index >= 15 is 0 Å². The minimum atomic E-state index is -0.250. The van der Waals surface area contributed by atoms with Crippen LogP contribution < -0.4 is 11.3 Å². The van der Waals surface area contributed by atoms with E-state index in [0.29, 0.717) is 10.6 Å². The fourth-order valence-corrected chi connectivity index (χ4v) is 0.860. The molecule has 3 nitrogen and oxygen atoms in total. The molecular formula is C8H7ClN2O. The summed E-state index contributed by atoms with van der Waals surface area (Å²) in [5.41, 5.74) is 5.24. The second-order valence-electron chi connectivity index (χ2n) is 2.07. The number of nitrogens with two attached hydrogens (primary N) is 1. The number of aromatic amines is 1. The van der Waals surface area contributed by atoms with Crippen molar-refractivity contribution in [3.63, 3.8) is 0 Å². The lowest BCUT2D eigenvalue weighted by Gasteiger charge is -1.89. The maximum Gasteiger partial charge on any atom is 0.263 e. The van der Waals surface area contributed by atoms with Gasteiger partial charge in [-0.15, -0.1) is 0 Å². The van der Waals surface area contributed by atoms with E-state index in [2.05, 4.69) is 16.8 Å². The minimum absolute atomic E-state index is 0.228. The first-order valence-electron chi connectivity index (χ1n) is 3.31. The standard InChI is InChI=1S/C8H7ClN2O/c9-7-4-6(2-1-3-10)8(12)11-5-7/h4-5H,3,10H2,(H,11,12). The van der Waals surface area contributed by atoms with Crippen molar-refractivity contribution in [2.45, 2.75) is 0 Å². The molecule has 0 bridgehead atoms. The van der Waals surface area contributed by atoms with E-state index in [1.165, 1.54) is 12.3 Å². The third-order valence-electron chi connectivity index (χ3n) is 1.19. The average molecular weight is 183 g/mol. The summed E-state index contributed by atoms with van der Waals surface area (Å²) in [6.07, 6.45) is 1.41. The van der Waals surface area contributed by atoms with Crippen molar-refractivity contribution in [2.75, 3.05) is 6.54 Å². The van der Waals surface area contributed by atoms with Gasteiger partial charge in [0, 0.05) is 6.20 Å². The van der Waals surface area contributed by atoms with Crippen LogP contribution in [0, 0.1) is 11.8 Å². The quantitative estimate of drug-likeness (QED) is 0.569. The molecule has 0 radical (unpaired) electrons. The Hall–Kier alpha value is -1.24. The zero-order valence-corrected chi connectivity index (χ0v) is 6.98. The second kappa shape index (κ2) is 3.96. The van der Waals surface area contributed by atoms with Gasteiger partial charge in [0.05, 0.1) is 17.1 Å². The van der Waals surface area contributed by atoms with Crippen LogP contribution in [0.3, 0.4) is 0 Å². The molecule has 0 fully saturated rings. The number of aromatic nitrogens is 1. The minimum Gasteiger partial charge on any atom is -0.327 e. The Morgan fingerprint density at radius 2 is 2.42 bits per heavy atom. The summed E-state index contributed by atoms with van der Waals surface area (Å²) in [5.74, 6) is 5.18. The molecule has 0 saturated carbocycles. The van der Waals surface area contributed by atoms with Gasteiger partial charge in [0.2, 0.25) is 0 Å². The summed E-state index contributed by atoms with van der Waals surface area (Å²) in [5, 5.41) is 0.455. The highest BCUT2D eigenvalue weighted by Gasteiger charge is 1.94. The van der Waals surface area contributed by atoms with Gasteiger partial charge in [-0.1, -0.05) is 23.4 Å². The maximum atomic E-state index is 11.0. The molecule has 0 aliphatic heterocycles. The summed E-state index contributed by atoms with van der Waals surface area (Å²) in [4.78, 5) is 13.5. The van der Waals surface area contributed by atoms with E-state index in [0.717, 1.165) is 0 Å². The van der Waals surface area contributed by atoms with Gasteiger partial charge in [0.15, 0.2) is 0 Å². The Balaban J connectivity index is 3.14. The predicted molar refractivity (Wildman–Crippen MR) is 48.0 cm³/mol. The normalized spacial score (nSPS) is 8.83. The average Bonchev–Trinajstić information content (AvgIpc) is 2.07. The summed E-state index contributed by atoms with van der Waals surface area (Å²) in [7, 11) is 0. The third kappa shape index (κ3) is 2.12. The Labute approximate surface area is 74.5 Å². The molecule has 0 amide bonds. The summed E-state index contributed by atoms with van der Waals surface area (Å²) in [6.45, 7) is 0.228. The van der Waals surface area contributed by atoms with Crippen molar-refractivity contribution in [1.29, 1.82) is 0 Å². The molecule has 0 saturated heterocycles. The lowest BCUT2D eigenvalue weighted by molar-refractivity contribution is 1.22. The fourth-order valence-electron chi connectivity index (χ4n) is 0.696. The largest absolute Gasteiger partial charge is 0.327 e. The number of hydrogen-bond donors (Lipinski definition) is 2. The monoisotopic (exact) mass is 182 g/mol. The van der Waals surface area contributed by atoms with Crippen LogP contribution >= 0.6 is 11.6 Å². The van der Waals surface area contributed by atoms with Crippen molar-refractivity contribution in [3.05, 3.63) is 33.2 Å². The predicted octanol–water partition coefficient (Wildman–Crippen LogP) is 0.338. The van der Waals surface area contributed by atoms with Gasteiger partial charge in [-0.25, -0.2) is 0 Å². The highest BCUT2D eigenvalue weighted by atomic mass is 35.5. The fraction of sp³-hybridized carbons (Fsp3) is 0.125. The van der Waals surface area contributed by atoms with E-state index in [-0.39, 0.29) is 12.1 Å². The van der Waals surface area contributed by atoms with Gasteiger partial charge in [0.1, 0.15) is 0 Å². The molecule has 4 heteroatoms. The zero-order chi connectivity index (χ0) is 8.97. The molecule has 62 valence electrons. The van der Waals surface area contributed by atoms with Crippen molar-refractivity contribution in [3.8, 4) is 11.8 Å². The number of hydrogen-bond acceptors (Lipinski definition) is 2. The van der Waals surface area contributed by atoms with Crippen molar-refractivity contribution in [1.82, 2.24) is 4.98 Å². The van der Waals surface area contributed by atoms with Crippen LogP contribution in [0.1, 0.15) is 5.56 Å². The first kappa shape index (κ1) is 8.85. The van der Waals surface area contributed by atoms with Gasteiger partial charge < -0.3 is 10.7 Å². The molecule has 1 rings (SSSR count). The maximum absolute atomic E-state index is 11.0. The van der Waals surface area contributed by atoms with Gasteiger partial charge >= 0.3 is 0 Å². The van der Waals surface area contributed by atoms with Crippen molar-refractivity contribution in [2.24, 2.45) is 5.73 Å². The summed E-state index contributed by atoms with van der Waals surface area (Å²) in [6, 6.07) is 1.50. The molecule has 12 heavy (non-hydrogen) atoms. The van der Waals surface area contributed by atoms with Crippen molar-refractivity contribution < 1.29 is 0 Å². The summed E-state index contributed by atoms with van der Waals surface area (Å²) < 4.78 is 0. The molecule has 0 aliphatic carbocycles. The molecule has 1 heterocycles. The van der Waals surface area contributed by atoms with E-state index in [1.54, 1.807) is 0 Å². The van der Waals surface area contributed by atoms with Crippen LogP contribution in [0.4, 0.5) is 0 Å². The van der Waals surface area contributed by atoms with Crippen LogP contribution in [0.25, 0.3) is 0 Å². The number of rotatable bonds is 0. The van der Waals surface area contributed by atoms with E-state index < -0.39 is 0 Å². The van der Waals surface area contributed by atoms with Crippen LogP contribution in [-0.4, -0.2) is 11.5 Å². The SMILES string of the molecule is NCC#Cc1cc(Cl)c[nH]c1=O.